The number of nitrogens with one attached hydrogen (secondary N) is 1. The fourth-order valence-corrected chi connectivity index (χ4v) is 2.52. The first-order valence-corrected chi connectivity index (χ1v) is 7.84. The van der Waals surface area contributed by atoms with Crippen LogP contribution in [0.4, 0.5) is 5.69 Å². The Morgan fingerprint density at radius 1 is 1.21 bits per heavy atom. The molecule has 0 fully saturated rings. The highest BCUT2D eigenvalue weighted by molar-refractivity contribution is 9.10. The Morgan fingerprint density at radius 2 is 2.04 bits per heavy atom. The molecule has 24 heavy (non-hydrogen) atoms. The summed E-state index contributed by atoms with van der Waals surface area (Å²) in [5.41, 5.74) is 1.28. The van der Waals surface area contributed by atoms with Crippen LogP contribution in [-0.2, 0) is 6.61 Å². The molecule has 0 saturated heterocycles. The second-order valence-electron chi connectivity index (χ2n) is 4.90. The molecule has 0 unspecified atom stereocenters. The molecule has 0 spiro atoms. The summed E-state index contributed by atoms with van der Waals surface area (Å²) in [6, 6.07) is 11.9. The summed E-state index contributed by atoms with van der Waals surface area (Å²) in [5.74, 6) is 1.41. The van der Waals surface area contributed by atoms with Gasteiger partial charge in [0.2, 0.25) is 0 Å². The molecule has 7 heteroatoms. The molecule has 0 bridgehead atoms. The predicted molar refractivity (Wildman–Crippen MR) is 91.0 cm³/mol. The zero-order valence-corrected chi connectivity index (χ0v) is 14.3. The predicted octanol–water partition coefficient (Wildman–Crippen LogP) is 4.06. The van der Waals surface area contributed by atoms with Gasteiger partial charge in [0.25, 0.3) is 5.91 Å². The monoisotopic (exact) mass is 391 g/mol. The van der Waals surface area contributed by atoms with Crippen LogP contribution in [0.3, 0.4) is 0 Å². The number of amides is 1. The maximum Gasteiger partial charge on any atom is 0.291 e. The zero-order valence-electron chi connectivity index (χ0n) is 12.7. The molecule has 2 N–H and O–H groups in total. The third kappa shape index (κ3) is 3.37. The Hall–Kier alpha value is -2.51. The number of ether oxygens (including phenoxy) is 1. The number of furan rings is 2. The lowest BCUT2D eigenvalue weighted by Gasteiger charge is -2.10. The first-order chi connectivity index (χ1) is 11.6. The standard InChI is InChI=1S/C17H14BrNO5/c1-22-15-8-10(19-17(21)14-6-7-16(18)24-14)2-4-12(15)13-5-3-11(9-20)23-13/h2-8,20H,9H2,1H3,(H,19,21). The fourth-order valence-electron chi connectivity index (χ4n) is 2.21. The van der Waals surface area contributed by atoms with Gasteiger partial charge < -0.3 is 24.0 Å². The normalized spacial score (nSPS) is 10.6. The van der Waals surface area contributed by atoms with Crippen LogP contribution >= 0.6 is 15.9 Å². The van der Waals surface area contributed by atoms with Crippen molar-refractivity contribution in [3.8, 4) is 17.1 Å². The minimum atomic E-state index is -0.365. The maximum atomic E-state index is 12.1. The number of hydrogen-bond donors (Lipinski definition) is 2. The molecule has 0 saturated carbocycles. The van der Waals surface area contributed by atoms with Gasteiger partial charge in [-0.05, 0) is 52.3 Å². The van der Waals surface area contributed by atoms with E-state index in [0.29, 0.717) is 27.6 Å². The molecule has 0 radical (unpaired) electrons. The zero-order chi connectivity index (χ0) is 17.1. The molecular formula is C17H14BrNO5. The van der Waals surface area contributed by atoms with E-state index in [0.717, 1.165) is 5.56 Å². The SMILES string of the molecule is COc1cc(NC(=O)c2ccc(Br)o2)ccc1-c1ccc(CO)o1. The van der Waals surface area contributed by atoms with Crippen molar-refractivity contribution in [2.45, 2.75) is 6.61 Å². The van der Waals surface area contributed by atoms with E-state index >= 15 is 0 Å². The summed E-state index contributed by atoms with van der Waals surface area (Å²) in [4.78, 5) is 12.1. The third-order valence-corrected chi connectivity index (χ3v) is 3.77. The van der Waals surface area contributed by atoms with Gasteiger partial charge >= 0.3 is 0 Å². The summed E-state index contributed by atoms with van der Waals surface area (Å²) in [7, 11) is 1.53. The van der Waals surface area contributed by atoms with Crippen LogP contribution in [0.15, 0.2) is 56.0 Å². The minimum absolute atomic E-state index is 0.171. The highest BCUT2D eigenvalue weighted by atomic mass is 79.9. The highest BCUT2D eigenvalue weighted by Crippen LogP contribution is 2.33. The van der Waals surface area contributed by atoms with E-state index in [4.69, 9.17) is 18.7 Å². The average Bonchev–Trinajstić information content (AvgIpc) is 3.23. The van der Waals surface area contributed by atoms with Crippen LogP contribution < -0.4 is 10.1 Å². The van der Waals surface area contributed by atoms with Gasteiger partial charge in [0.1, 0.15) is 23.9 Å². The molecule has 0 aliphatic heterocycles. The van der Waals surface area contributed by atoms with Gasteiger partial charge in [-0.2, -0.15) is 0 Å². The number of benzene rings is 1. The molecule has 0 aliphatic rings. The highest BCUT2D eigenvalue weighted by Gasteiger charge is 2.14. The van der Waals surface area contributed by atoms with E-state index in [2.05, 4.69) is 21.2 Å². The van der Waals surface area contributed by atoms with Crippen molar-refractivity contribution < 1.29 is 23.5 Å². The van der Waals surface area contributed by atoms with Gasteiger partial charge in [-0.1, -0.05) is 0 Å². The van der Waals surface area contributed by atoms with E-state index in [1.54, 1.807) is 42.5 Å². The summed E-state index contributed by atoms with van der Waals surface area (Å²) < 4.78 is 16.6. The van der Waals surface area contributed by atoms with Crippen LogP contribution in [0.1, 0.15) is 16.3 Å². The Balaban J connectivity index is 1.84. The molecule has 0 aliphatic carbocycles. The van der Waals surface area contributed by atoms with E-state index in [9.17, 15) is 4.79 Å². The van der Waals surface area contributed by atoms with Crippen LogP contribution in [-0.4, -0.2) is 18.1 Å². The summed E-state index contributed by atoms with van der Waals surface area (Å²) in [5, 5.41) is 11.8. The van der Waals surface area contributed by atoms with Crippen LogP contribution in [0.5, 0.6) is 5.75 Å². The first kappa shape index (κ1) is 16.4. The molecule has 3 aromatic rings. The topological polar surface area (TPSA) is 84.8 Å². The number of methoxy groups -OCH3 is 1. The molecule has 2 heterocycles. The Kier molecular flexibility index (Phi) is 4.73. The number of carbonyl (C=O) groups is 1. The van der Waals surface area contributed by atoms with Crippen molar-refractivity contribution in [2.24, 2.45) is 0 Å². The van der Waals surface area contributed by atoms with Crippen LogP contribution in [0.2, 0.25) is 0 Å². The lowest BCUT2D eigenvalue weighted by molar-refractivity contribution is 0.0995. The van der Waals surface area contributed by atoms with Crippen molar-refractivity contribution in [1.82, 2.24) is 0 Å². The second-order valence-corrected chi connectivity index (χ2v) is 5.68. The summed E-state index contributed by atoms with van der Waals surface area (Å²) in [6.45, 7) is -0.171. The molecule has 0 atom stereocenters. The molecule has 3 rings (SSSR count). The smallest absolute Gasteiger partial charge is 0.291 e. The van der Waals surface area contributed by atoms with E-state index < -0.39 is 0 Å². The number of aliphatic hydroxyl groups is 1. The quantitative estimate of drug-likeness (QED) is 0.684. The number of aliphatic hydroxyl groups excluding tert-OH is 1. The van der Waals surface area contributed by atoms with Crippen molar-refractivity contribution in [3.63, 3.8) is 0 Å². The fraction of sp³-hybridized carbons (Fsp3) is 0.118. The number of halogens is 1. The molecule has 1 amide bonds. The Bertz CT molecular complexity index is 868. The molecule has 2 aromatic heterocycles. The molecule has 1 aromatic carbocycles. The Labute approximate surface area is 146 Å². The Morgan fingerprint density at radius 3 is 2.67 bits per heavy atom. The second kappa shape index (κ2) is 6.94. The van der Waals surface area contributed by atoms with Gasteiger partial charge in [-0.25, -0.2) is 0 Å². The van der Waals surface area contributed by atoms with Crippen molar-refractivity contribution in [2.75, 3.05) is 12.4 Å². The van der Waals surface area contributed by atoms with Gasteiger partial charge in [0.15, 0.2) is 10.4 Å². The number of hydrogen-bond acceptors (Lipinski definition) is 5. The van der Waals surface area contributed by atoms with Crippen molar-refractivity contribution >= 4 is 27.5 Å². The molecular weight excluding hydrogens is 378 g/mol. The molecule has 124 valence electrons. The van der Waals surface area contributed by atoms with Crippen molar-refractivity contribution in [3.05, 3.63) is 58.7 Å². The lowest BCUT2D eigenvalue weighted by Crippen LogP contribution is -2.10. The number of carbonyl (C=O) groups excluding carboxylic acids is 1. The van der Waals surface area contributed by atoms with Gasteiger partial charge in [-0.15, -0.1) is 0 Å². The summed E-state index contributed by atoms with van der Waals surface area (Å²) >= 11 is 3.16. The van der Waals surface area contributed by atoms with E-state index in [-0.39, 0.29) is 18.3 Å². The van der Waals surface area contributed by atoms with Gasteiger partial charge in [0.05, 0.1) is 12.7 Å². The van der Waals surface area contributed by atoms with Gasteiger partial charge in [-0.3, -0.25) is 4.79 Å². The van der Waals surface area contributed by atoms with E-state index in [1.165, 1.54) is 7.11 Å². The van der Waals surface area contributed by atoms with Crippen molar-refractivity contribution in [1.29, 1.82) is 0 Å². The molecule has 6 nitrogen and oxygen atoms in total. The lowest BCUT2D eigenvalue weighted by atomic mass is 10.1. The number of anilines is 1. The van der Waals surface area contributed by atoms with Crippen LogP contribution in [0, 0.1) is 0 Å². The largest absolute Gasteiger partial charge is 0.496 e. The van der Waals surface area contributed by atoms with Crippen LogP contribution in [0.25, 0.3) is 11.3 Å². The maximum absolute atomic E-state index is 12.1. The number of rotatable bonds is 5. The minimum Gasteiger partial charge on any atom is -0.496 e. The van der Waals surface area contributed by atoms with Gasteiger partial charge in [0, 0.05) is 11.8 Å². The summed E-state index contributed by atoms with van der Waals surface area (Å²) in [6.07, 6.45) is 0. The van der Waals surface area contributed by atoms with E-state index in [1.807, 2.05) is 0 Å². The average molecular weight is 392 g/mol. The third-order valence-electron chi connectivity index (χ3n) is 3.34. The first-order valence-electron chi connectivity index (χ1n) is 7.05.